The lowest BCUT2D eigenvalue weighted by Gasteiger charge is -2.09. The minimum absolute atomic E-state index is 0.194. The Balaban J connectivity index is 2.00. The van der Waals surface area contributed by atoms with Gasteiger partial charge in [0.25, 0.3) is 5.91 Å². The molecule has 1 aromatic carbocycles. The second-order valence-electron chi connectivity index (χ2n) is 4.79. The third-order valence-corrected chi connectivity index (χ3v) is 3.67. The van der Waals surface area contributed by atoms with Gasteiger partial charge in [-0.25, -0.2) is 4.98 Å². The molecule has 0 saturated heterocycles. The van der Waals surface area contributed by atoms with E-state index < -0.39 is 0 Å². The highest BCUT2D eigenvalue weighted by Gasteiger charge is 2.09. The first kappa shape index (κ1) is 16.5. The molecule has 0 aliphatic heterocycles. The zero-order valence-corrected chi connectivity index (χ0v) is 14.1. The molecule has 22 heavy (non-hydrogen) atoms. The van der Waals surface area contributed by atoms with Crippen molar-refractivity contribution in [3.8, 4) is 0 Å². The zero-order valence-electron chi connectivity index (χ0n) is 12.5. The smallest absolute Gasteiger partial charge is 0.257 e. The standard InChI is InChI=1S/C16H18BrN3O2/c1-11-3-5-14(13(17)9-11)20-16(21)12-4-6-15(19-10-12)18-7-8-22-2/h3-6,9-10H,7-8H2,1-2H3,(H,18,19)(H,20,21). The van der Waals surface area contributed by atoms with Crippen molar-refractivity contribution in [2.24, 2.45) is 0 Å². The second-order valence-corrected chi connectivity index (χ2v) is 5.64. The van der Waals surface area contributed by atoms with Gasteiger partial charge < -0.3 is 15.4 Å². The largest absolute Gasteiger partial charge is 0.383 e. The van der Waals surface area contributed by atoms with E-state index in [9.17, 15) is 4.79 Å². The lowest BCUT2D eigenvalue weighted by molar-refractivity contribution is 0.102. The number of carbonyl (C=O) groups is 1. The number of rotatable bonds is 6. The summed E-state index contributed by atoms with van der Waals surface area (Å²) < 4.78 is 5.81. The van der Waals surface area contributed by atoms with E-state index in [4.69, 9.17) is 4.74 Å². The van der Waals surface area contributed by atoms with E-state index in [1.54, 1.807) is 25.4 Å². The zero-order chi connectivity index (χ0) is 15.9. The van der Waals surface area contributed by atoms with Crippen LogP contribution in [0.2, 0.25) is 0 Å². The Bertz CT molecular complexity index is 644. The lowest BCUT2D eigenvalue weighted by atomic mass is 10.2. The van der Waals surface area contributed by atoms with E-state index >= 15 is 0 Å². The Hall–Kier alpha value is -1.92. The molecule has 6 heteroatoms. The molecule has 0 aliphatic carbocycles. The van der Waals surface area contributed by atoms with Crippen molar-refractivity contribution in [2.75, 3.05) is 30.9 Å². The van der Waals surface area contributed by atoms with Crippen molar-refractivity contribution < 1.29 is 9.53 Å². The van der Waals surface area contributed by atoms with Gasteiger partial charge in [0, 0.05) is 24.3 Å². The quantitative estimate of drug-likeness (QED) is 0.771. The van der Waals surface area contributed by atoms with Crippen LogP contribution in [0.5, 0.6) is 0 Å². The average Bonchev–Trinajstić information content (AvgIpc) is 2.51. The molecule has 0 atom stereocenters. The van der Waals surface area contributed by atoms with Crippen molar-refractivity contribution in [1.82, 2.24) is 4.98 Å². The number of pyridine rings is 1. The fourth-order valence-electron chi connectivity index (χ4n) is 1.83. The maximum Gasteiger partial charge on any atom is 0.257 e. The molecule has 1 amide bonds. The first-order valence-electron chi connectivity index (χ1n) is 6.86. The van der Waals surface area contributed by atoms with Gasteiger partial charge in [0.15, 0.2) is 0 Å². The number of nitrogens with zero attached hydrogens (tertiary/aromatic N) is 1. The Morgan fingerprint density at radius 2 is 2.14 bits per heavy atom. The van der Waals surface area contributed by atoms with Gasteiger partial charge in [0.05, 0.1) is 17.9 Å². The SMILES string of the molecule is COCCNc1ccc(C(=O)Nc2ccc(C)cc2Br)cn1. The Labute approximate surface area is 138 Å². The van der Waals surface area contributed by atoms with E-state index in [0.29, 0.717) is 24.5 Å². The summed E-state index contributed by atoms with van der Waals surface area (Å²) in [5.74, 6) is 0.519. The van der Waals surface area contributed by atoms with Crippen LogP contribution >= 0.6 is 15.9 Å². The van der Waals surface area contributed by atoms with Crippen LogP contribution in [-0.4, -0.2) is 31.2 Å². The number of ether oxygens (including phenoxy) is 1. The molecule has 0 spiro atoms. The van der Waals surface area contributed by atoms with Crippen LogP contribution in [0.1, 0.15) is 15.9 Å². The van der Waals surface area contributed by atoms with Gasteiger partial charge in [-0.3, -0.25) is 4.79 Å². The molecule has 0 unspecified atom stereocenters. The third-order valence-electron chi connectivity index (χ3n) is 3.01. The predicted molar refractivity (Wildman–Crippen MR) is 91.4 cm³/mol. The molecular formula is C16H18BrN3O2. The highest BCUT2D eigenvalue weighted by atomic mass is 79.9. The number of aryl methyl sites for hydroxylation is 1. The first-order valence-corrected chi connectivity index (χ1v) is 7.66. The maximum absolute atomic E-state index is 12.2. The molecule has 0 fully saturated rings. The van der Waals surface area contributed by atoms with Crippen molar-refractivity contribution in [3.05, 3.63) is 52.1 Å². The number of halogens is 1. The van der Waals surface area contributed by atoms with Gasteiger partial charge in [-0.05, 0) is 52.7 Å². The normalized spacial score (nSPS) is 10.3. The lowest BCUT2D eigenvalue weighted by Crippen LogP contribution is -2.13. The number of amides is 1. The van der Waals surface area contributed by atoms with Gasteiger partial charge in [-0.15, -0.1) is 0 Å². The van der Waals surface area contributed by atoms with E-state index in [1.807, 2.05) is 25.1 Å². The summed E-state index contributed by atoms with van der Waals surface area (Å²) in [5, 5.41) is 5.96. The van der Waals surface area contributed by atoms with Crippen molar-refractivity contribution in [1.29, 1.82) is 0 Å². The van der Waals surface area contributed by atoms with E-state index in [0.717, 1.165) is 15.7 Å². The van der Waals surface area contributed by atoms with E-state index in [1.165, 1.54) is 0 Å². The van der Waals surface area contributed by atoms with Crippen LogP contribution in [0.25, 0.3) is 0 Å². The van der Waals surface area contributed by atoms with Crippen LogP contribution in [0.3, 0.4) is 0 Å². The first-order chi connectivity index (χ1) is 10.6. The van der Waals surface area contributed by atoms with Crippen molar-refractivity contribution in [3.63, 3.8) is 0 Å². The van der Waals surface area contributed by atoms with E-state index in [-0.39, 0.29) is 5.91 Å². The monoisotopic (exact) mass is 363 g/mol. The summed E-state index contributed by atoms with van der Waals surface area (Å²) in [7, 11) is 1.64. The Morgan fingerprint density at radius 1 is 1.32 bits per heavy atom. The van der Waals surface area contributed by atoms with Crippen LogP contribution < -0.4 is 10.6 Å². The van der Waals surface area contributed by atoms with Gasteiger partial charge in [-0.1, -0.05) is 6.07 Å². The topological polar surface area (TPSA) is 63.2 Å². The molecule has 0 aliphatic rings. The van der Waals surface area contributed by atoms with Crippen LogP contribution in [-0.2, 0) is 4.74 Å². The predicted octanol–water partition coefficient (Wildman–Crippen LogP) is 3.46. The van der Waals surface area contributed by atoms with Gasteiger partial charge in [0.1, 0.15) is 5.82 Å². The van der Waals surface area contributed by atoms with Gasteiger partial charge in [-0.2, -0.15) is 0 Å². The maximum atomic E-state index is 12.2. The molecule has 0 bridgehead atoms. The summed E-state index contributed by atoms with van der Waals surface area (Å²) in [6.07, 6.45) is 1.55. The molecule has 5 nitrogen and oxygen atoms in total. The molecule has 2 aromatic rings. The average molecular weight is 364 g/mol. The summed E-state index contributed by atoms with van der Waals surface area (Å²) >= 11 is 3.44. The van der Waals surface area contributed by atoms with Crippen LogP contribution in [0.15, 0.2) is 41.0 Å². The molecule has 2 rings (SSSR count). The number of methoxy groups -OCH3 is 1. The molecule has 2 N–H and O–H groups in total. The van der Waals surface area contributed by atoms with Gasteiger partial charge in [0.2, 0.25) is 0 Å². The van der Waals surface area contributed by atoms with Crippen LogP contribution in [0.4, 0.5) is 11.5 Å². The summed E-state index contributed by atoms with van der Waals surface area (Å²) in [5.41, 5.74) is 2.36. The van der Waals surface area contributed by atoms with Crippen LogP contribution in [0, 0.1) is 6.92 Å². The number of aromatic nitrogens is 1. The Morgan fingerprint density at radius 3 is 2.77 bits per heavy atom. The number of anilines is 2. The highest BCUT2D eigenvalue weighted by molar-refractivity contribution is 9.10. The highest BCUT2D eigenvalue weighted by Crippen LogP contribution is 2.23. The fourth-order valence-corrected chi connectivity index (χ4v) is 2.42. The molecular weight excluding hydrogens is 346 g/mol. The summed E-state index contributed by atoms with van der Waals surface area (Å²) in [6, 6.07) is 9.28. The number of nitrogens with one attached hydrogen (secondary N) is 2. The van der Waals surface area contributed by atoms with Crippen molar-refractivity contribution >= 4 is 33.3 Å². The minimum Gasteiger partial charge on any atom is -0.383 e. The number of benzene rings is 1. The Kier molecular flexibility index (Phi) is 5.91. The molecule has 0 saturated carbocycles. The van der Waals surface area contributed by atoms with E-state index in [2.05, 4.69) is 31.5 Å². The fraction of sp³-hybridized carbons (Fsp3) is 0.250. The second kappa shape index (κ2) is 7.91. The third kappa shape index (κ3) is 4.54. The van der Waals surface area contributed by atoms with Crippen molar-refractivity contribution in [2.45, 2.75) is 6.92 Å². The molecule has 1 aromatic heterocycles. The molecule has 0 radical (unpaired) electrons. The number of hydrogen-bond acceptors (Lipinski definition) is 4. The number of carbonyl (C=O) groups excluding carboxylic acids is 1. The van der Waals surface area contributed by atoms with Gasteiger partial charge >= 0.3 is 0 Å². The summed E-state index contributed by atoms with van der Waals surface area (Å²) in [4.78, 5) is 16.4. The summed E-state index contributed by atoms with van der Waals surface area (Å²) in [6.45, 7) is 3.27. The molecule has 116 valence electrons. The number of hydrogen-bond donors (Lipinski definition) is 2. The minimum atomic E-state index is -0.194. The molecule has 1 heterocycles.